The van der Waals surface area contributed by atoms with Gasteiger partial charge in [-0.1, -0.05) is 24.3 Å². The summed E-state index contributed by atoms with van der Waals surface area (Å²) in [5.74, 6) is 1.79. The van der Waals surface area contributed by atoms with Crippen molar-refractivity contribution < 1.29 is 4.42 Å². The molecule has 1 aromatic carbocycles. The molecule has 1 atom stereocenters. The van der Waals surface area contributed by atoms with E-state index in [0.717, 1.165) is 29.1 Å². The number of nitrogens with two attached hydrogens (primary N) is 2. The highest BCUT2D eigenvalue weighted by Crippen LogP contribution is 2.35. The van der Waals surface area contributed by atoms with E-state index in [-0.39, 0.29) is 0 Å². The SMILES string of the molecule is CCc1cc(CN2C(N)=NC(c3ccco3)c3nn[nH]c32)ccc1N. The van der Waals surface area contributed by atoms with Crippen LogP contribution in [0.1, 0.15) is 35.5 Å². The Balaban J connectivity index is 1.69. The summed E-state index contributed by atoms with van der Waals surface area (Å²) in [5, 5.41) is 11.0. The lowest BCUT2D eigenvalue weighted by Crippen LogP contribution is -2.40. The maximum absolute atomic E-state index is 6.23. The van der Waals surface area contributed by atoms with E-state index in [2.05, 4.69) is 33.4 Å². The molecule has 1 aliphatic rings. The Hall–Kier alpha value is -3.29. The zero-order valence-corrected chi connectivity index (χ0v) is 13.8. The van der Waals surface area contributed by atoms with Crippen molar-refractivity contribution in [1.82, 2.24) is 15.4 Å². The molecule has 1 aliphatic heterocycles. The van der Waals surface area contributed by atoms with Crippen LogP contribution in [-0.4, -0.2) is 21.4 Å². The molecule has 0 spiro atoms. The highest BCUT2D eigenvalue weighted by Gasteiger charge is 2.32. The standard InChI is InChI=1S/C17H19N7O/c1-2-11-8-10(5-6-12(11)18)9-24-16-15(21-23-22-16)14(20-17(24)19)13-4-3-7-25-13/h3-8,14H,2,9,18H2,1H3,(H2,19,20)(H,21,22,23). The first-order valence-corrected chi connectivity index (χ1v) is 8.09. The average molecular weight is 337 g/mol. The lowest BCUT2D eigenvalue weighted by molar-refractivity contribution is 0.485. The van der Waals surface area contributed by atoms with Crippen molar-refractivity contribution in [2.75, 3.05) is 10.6 Å². The number of guanidine groups is 1. The van der Waals surface area contributed by atoms with Crippen LogP contribution in [0.25, 0.3) is 0 Å². The van der Waals surface area contributed by atoms with Crippen molar-refractivity contribution >= 4 is 17.5 Å². The van der Waals surface area contributed by atoms with Crippen molar-refractivity contribution in [3.05, 3.63) is 59.2 Å². The van der Waals surface area contributed by atoms with Crippen LogP contribution in [0.15, 0.2) is 46.0 Å². The number of rotatable bonds is 4. The maximum atomic E-state index is 6.23. The number of H-pyrrole nitrogens is 1. The van der Waals surface area contributed by atoms with Crippen molar-refractivity contribution in [2.45, 2.75) is 25.9 Å². The summed E-state index contributed by atoms with van der Waals surface area (Å²) in [6.07, 6.45) is 2.48. The Morgan fingerprint density at radius 1 is 1.28 bits per heavy atom. The minimum Gasteiger partial charge on any atom is -0.467 e. The molecule has 8 nitrogen and oxygen atoms in total. The zero-order chi connectivity index (χ0) is 17.4. The fourth-order valence-corrected chi connectivity index (χ4v) is 3.04. The van der Waals surface area contributed by atoms with Gasteiger partial charge in [0.2, 0.25) is 0 Å². The normalized spacial score (nSPS) is 16.6. The second-order valence-electron chi connectivity index (χ2n) is 5.92. The van der Waals surface area contributed by atoms with Crippen LogP contribution in [0.4, 0.5) is 11.5 Å². The second-order valence-corrected chi connectivity index (χ2v) is 5.92. The van der Waals surface area contributed by atoms with Gasteiger partial charge in [0, 0.05) is 5.69 Å². The van der Waals surface area contributed by atoms with Gasteiger partial charge in [-0.2, -0.15) is 0 Å². The second kappa shape index (κ2) is 5.97. The van der Waals surface area contributed by atoms with E-state index in [4.69, 9.17) is 15.9 Å². The van der Waals surface area contributed by atoms with Crippen LogP contribution in [-0.2, 0) is 13.0 Å². The number of nitrogens with one attached hydrogen (secondary N) is 1. The lowest BCUT2D eigenvalue weighted by Gasteiger charge is -2.28. The lowest BCUT2D eigenvalue weighted by atomic mass is 10.1. The van der Waals surface area contributed by atoms with Gasteiger partial charge in [-0.25, -0.2) is 10.1 Å². The number of hydrogen-bond acceptors (Lipinski definition) is 7. The average Bonchev–Trinajstić information content (AvgIpc) is 3.30. The highest BCUT2D eigenvalue weighted by molar-refractivity contribution is 5.96. The molecule has 0 aliphatic carbocycles. The van der Waals surface area contributed by atoms with Crippen LogP contribution in [0, 0.1) is 0 Å². The van der Waals surface area contributed by atoms with Crippen molar-refractivity contribution in [2.24, 2.45) is 10.7 Å². The van der Waals surface area contributed by atoms with Gasteiger partial charge in [-0.05, 0) is 35.7 Å². The number of aliphatic imine (C=N–C) groups is 1. The summed E-state index contributed by atoms with van der Waals surface area (Å²) in [7, 11) is 0. The molecular weight excluding hydrogens is 318 g/mol. The molecule has 5 N–H and O–H groups in total. The Bertz CT molecular complexity index is 913. The number of nitrogens with zero attached hydrogens (tertiary/aromatic N) is 4. The van der Waals surface area contributed by atoms with Gasteiger partial charge < -0.3 is 15.9 Å². The number of aromatic amines is 1. The molecule has 0 saturated carbocycles. The summed E-state index contributed by atoms with van der Waals surface area (Å²) in [6, 6.07) is 9.27. The minimum atomic E-state index is -0.391. The van der Waals surface area contributed by atoms with Crippen molar-refractivity contribution in [3.63, 3.8) is 0 Å². The van der Waals surface area contributed by atoms with E-state index in [0.29, 0.717) is 24.0 Å². The molecule has 0 fully saturated rings. The zero-order valence-electron chi connectivity index (χ0n) is 13.8. The number of aryl methyl sites for hydroxylation is 1. The van der Waals surface area contributed by atoms with Gasteiger partial charge in [-0.15, -0.1) is 5.10 Å². The molecule has 0 amide bonds. The molecule has 1 unspecified atom stereocenters. The van der Waals surface area contributed by atoms with Gasteiger partial charge in [0.1, 0.15) is 11.5 Å². The predicted molar refractivity (Wildman–Crippen MR) is 95.0 cm³/mol. The Kier molecular flexibility index (Phi) is 3.64. The molecule has 2 aromatic heterocycles. The van der Waals surface area contributed by atoms with Crippen LogP contribution in [0.2, 0.25) is 0 Å². The van der Waals surface area contributed by atoms with E-state index in [1.165, 1.54) is 0 Å². The summed E-state index contributed by atoms with van der Waals surface area (Å²) < 4.78 is 5.47. The predicted octanol–water partition coefficient (Wildman–Crippen LogP) is 1.97. The molecule has 0 radical (unpaired) electrons. The van der Waals surface area contributed by atoms with Gasteiger partial charge in [-0.3, -0.25) is 4.90 Å². The smallest absolute Gasteiger partial charge is 0.198 e. The quantitative estimate of drug-likeness (QED) is 0.626. The highest BCUT2D eigenvalue weighted by atomic mass is 16.3. The molecule has 0 bridgehead atoms. The fourth-order valence-electron chi connectivity index (χ4n) is 3.04. The number of nitrogen functional groups attached to an aromatic ring is 1. The third kappa shape index (κ3) is 2.61. The van der Waals surface area contributed by atoms with Crippen LogP contribution < -0.4 is 16.4 Å². The van der Waals surface area contributed by atoms with Gasteiger partial charge in [0.15, 0.2) is 17.8 Å². The Labute approximate surface area is 144 Å². The van der Waals surface area contributed by atoms with E-state index in [1.807, 2.05) is 29.2 Å². The number of fused-ring (bicyclic) bond motifs is 1. The number of furan rings is 1. The van der Waals surface area contributed by atoms with E-state index >= 15 is 0 Å². The van der Waals surface area contributed by atoms with E-state index in [1.54, 1.807) is 6.26 Å². The third-order valence-corrected chi connectivity index (χ3v) is 4.36. The molecule has 8 heteroatoms. The molecule has 3 aromatic rings. The number of anilines is 2. The van der Waals surface area contributed by atoms with Crippen molar-refractivity contribution in [3.8, 4) is 0 Å². The topological polar surface area (TPSA) is 122 Å². The van der Waals surface area contributed by atoms with Gasteiger partial charge >= 0.3 is 0 Å². The van der Waals surface area contributed by atoms with Crippen molar-refractivity contribution in [1.29, 1.82) is 0 Å². The summed E-state index contributed by atoms with van der Waals surface area (Å²) >= 11 is 0. The van der Waals surface area contributed by atoms with E-state index < -0.39 is 6.04 Å². The number of aromatic nitrogens is 3. The van der Waals surface area contributed by atoms with Crippen LogP contribution >= 0.6 is 0 Å². The first-order valence-electron chi connectivity index (χ1n) is 8.09. The van der Waals surface area contributed by atoms with Gasteiger partial charge in [0.25, 0.3) is 0 Å². The minimum absolute atomic E-state index is 0.384. The molecule has 4 rings (SSSR count). The van der Waals surface area contributed by atoms with Crippen LogP contribution in [0.5, 0.6) is 0 Å². The molecule has 0 saturated heterocycles. The molecule has 128 valence electrons. The fraction of sp³-hybridized carbons (Fsp3) is 0.235. The molecule has 3 heterocycles. The number of hydrogen-bond donors (Lipinski definition) is 3. The Morgan fingerprint density at radius 3 is 2.92 bits per heavy atom. The Morgan fingerprint density at radius 2 is 2.16 bits per heavy atom. The molecular formula is C17H19N7O. The van der Waals surface area contributed by atoms with Gasteiger partial charge in [0.05, 0.1) is 12.8 Å². The largest absolute Gasteiger partial charge is 0.467 e. The van der Waals surface area contributed by atoms with E-state index in [9.17, 15) is 0 Å². The summed E-state index contributed by atoms with van der Waals surface area (Å²) in [5.41, 5.74) is 15.9. The maximum Gasteiger partial charge on any atom is 0.198 e. The third-order valence-electron chi connectivity index (χ3n) is 4.36. The monoisotopic (exact) mass is 337 g/mol. The first kappa shape index (κ1) is 15.3. The summed E-state index contributed by atoms with van der Waals surface area (Å²) in [6.45, 7) is 2.63. The molecule has 25 heavy (non-hydrogen) atoms. The summed E-state index contributed by atoms with van der Waals surface area (Å²) in [4.78, 5) is 6.42. The van der Waals surface area contributed by atoms with Crippen LogP contribution in [0.3, 0.4) is 0 Å². The first-order chi connectivity index (χ1) is 12.2. The number of benzene rings is 1.